The molecule has 0 spiro atoms. The van der Waals surface area contributed by atoms with Crippen molar-refractivity contribution in [3.05, 3.63) is 0 Å². The number of hydrogen-bond acceptors (Lipinski definition) is 4. The Morgan fingerprint density at radius 3 is 1.69 bits per heavy atom. The first-order valence-electron chi connectivity index (χ1n) is 4.38. The van der Waals surface area contributed by atoms with E-state index in [0.29, 0.717) is 6.54 Å². The molecule has 0 saturated carbocycles. The lowest BCUT2D eigenvalue weighted by atomic mass is 10.3. The maximum Gasteiger partial charge on any atom is 0.317 e. The highest BCUT2D eigenvalue weighted by molar-refractivity contribution is 5.68. The molecule has 5 heteroatoms. The van der Waals surface area contributed by atoms with E-state index in [2.05, 4.69) is 5.73 Å². The molecule has 5 nitrogen and oxygen atoms in total. The van der Waals surface area contributed by atoms with Crippen molar-refractivity contribution in [2.75, 3.05) is 13.1 Å². The van der Waals surface area contributed by atoms with Crippen LogP contribution in [-0.2, 0) is 4.79 Å². The average Bonchev–Trinajstić information content (AvgIpc) is 2.20. The molecule has 1 atom stereocenters. The topological polar surface area (TPSA) is 110 Å². The lowest BCUT2D eigenvalue weighted by molar-refractivity contribution is -0.135. The van der Waals surface area contributed by atoms with Gasteiger partial charge in [0.25, 0.3) is 0 Å². The van der Waals surface area contributed by atoms with Crippen molar-refractivity contribution in [1.82, 2.24) is 0 Å². The number of hydrogen-bond donors (Lipinski definition) is 4. The Kier molecular flexibility index (Phi) is 24.4. The minimum absolute atomic E-state index is 0.278. The summed E-state index contributed by atoms with van der Waals surface area (Å²) in [6.07, 6.45) is 0.473. The van der Waals surface area contributed by atoms with Crippen LogP contribution in [0.25, 0.3) is 0 Å². The van der Waals surface area contributed by atoms with Crippen molar-refractivity contribution in [1.29, 1.82) is 0 Å². The van der Waals surface area contributed by atoms with Gasteiger partial charge in [-0.1, -0.05) is 20.8 Å². The van der Waals surface area contributed by atoms with Crippen molar-refractivity contribution >= 4 is 5.97 Å². The summed E-state index contributed by atoms with van der Waals surface area (Å²) in [4.78, 5) is 9.24. The fourth-order valence-corrected chi connectivity index (χ4v) is 0.167. The van der Waals surface area contributed by atoms with Gasteiger partial charge in [-0.25, -0.2) is 0 Å². The zero-order valence-corrected chi connectivity index (χ0v) is 8.66. The van der Waals surface area contributed by atoms with Gasteiger partial charge in [0, 0.05) is 6.54 Å². The van der Waals surface area contributed by atoms with Gasteiger partial charge in [-0.2, -0.15) is 0 Å². The zero-order valence-electron chi connectivity index (χ0n) is 8.66. The van der Waals surface area contributed by atoms with Crippen LogP contribution < -0.4 is 11.5 Å². The number of aliphatic carboxylic acids is 1. The number of nitrogens with two attached hydrogens (primary N) is 2. The molecule has 0 aromatic carbocycles. The van der Waals surface area contributed by atoms with Gasteiger partial charge in [-0.05, 0) is 6.42 Å². The highest BCUT2D eigenvalue weighted by atomic mass is 16.4. The van der Waals surface area contributed by atoms with Crippen molar-refractivity contribution in [2.24, 2.45) is 11.5 Å². The van der Waals surface area contributed by atoms with Crippen LogP contribution in [0.2, 0.25) is 0 Å². The molecule has 0 bridgehead atoms. The van der Waals surface area contributed by atoms with Gasteiger partial charge in [0.15, 0.2) is 0 Å². The van der Waals surface area contributed by atoms with Crippen molar-refractivity contribution in [3.8, 4) is 0 Å². The minimum atomic E-state index is -0.968. The van der Waals surface area contributed by atoms with Crippen molar-refractivity contribution < 1.29 is 15.0 Å². The summed E-state index contributed by atoms with van der Waals surface area (Å²) < 4.78 is 0. The van der Waals surface area contributed by atoms with E-state index < -0.39 is 5.97 Å². The molecule has 0 heterocycles. The maximum absolute atomic E-state index is 9.24. The van der Waals surface area contributed by atoms with E-state index in [-0.39, 0.29) is 12.6 Å². The Hall–Kier alpha value is -0.650. The molecule has 0 fully saturated rings. The van der Waals surface area contributed by atoms with E-state index >= 15 is 0 Å². The molecule has 0 amide bonds. The second kappa shape index (κ2) is 17.4. The summed E-state index contributed by atoms with van der Waals surface area (Å²) in [5.41, 5.74) is 9.60. The van der Waals surface area contributed by atoms with Crippen LogP contribution in [0.3, 0.4) is 0 Å². The highest BCUT2D eigenvalue weighted by Gasteiger charge is 1.90. The summed E-state index contributed by atoms with van der Waals surface area (Å²) in [6, 6.07) is 0. The Morgan fingerprint density at radius 2 is 1.69 bits per heavy atom. The molecule has 0 aliphatic rings. The van der Waals surface area contributed by atoms with E-state index in [4.69, 9.17) is 15.9 Å². The predicted octanol–water partition coefficient (Wildman–Crippen LogP) is -0.228. The molecule has 0 aliphatic heterocycles. The quantitative estimate of drug-likeness (QED) is 0.496. The Morgan fingerprint density at radius 1 is 1.38 bits per heavy atom. The molecule has 0 rings (SSSR count). The van der Waals surface area contributed by atoms with Crippen LogP contribution >= 0.6 is 0 Å². The molecule has 0 aromatic rings. The van der Waals surface area contributed by atoms with Crippen LogP contribution in [0.1, 0.15) is 27.2 Å². The summed E-state index contributed by atoms with van der Waals surface area (Å²) in [5.74, 6) is -0.968. The van der Waals surface area contributed by atoms with Gasteiger partial charge in [0.1, 0.15) is 0 Å². The van der Waals surface area contributed by atoms with E-state index in [0.717, 1.165) is 6.42 Å². The number of carboxylic acids is 1. The van der Waals surface area contributed by atoms with Crippen molar-refractivity contribution in [2.45, 2.75) is 33.3 Å². The van der Waals surface area contributed by atoms with Crippen LogP contribution in [-0.4, -0.2) is 35.4 Å². The SMILES string of the molecule is CC.CCC(O)CN.NCC(=O)O. The number of aliphatic hydroxyl groups excluding tert-OH is 1. The fourth-order valence-electron chi connectivity index (χ4n) is 0.167. The molecular weight excluding hydrogens is 172 g/mol. The standard InChI is InChI=1S/C4H11NO.C2H5NO2.C2H6/c1-2-4(6)3-5;3-1-2(4)5;1-2/h4,6H,2-3,5H2,1H3;1,3H2,(H,4,5);1-2H3. The van der Waals surface area contributed by atoms with Gasteiger partial charge in [-0.15, -0.1) is 0 Å². The van der Waals surface area contributed by atoms with Gasteiger partial charge < -0.3 is 21.7 Å². The first kappa shape index (κ1) is 18.2. The number of aliphatic hydroxyl groups is 1. The number of carbonyl (C=O) groups is 1. The molecule has 13 heavy (non-hydrogen) atoms. The molecule has 82 valence electrons. The smallest absolute Gasteiger partial charge is 0.317 e. The highest BCUT2D eigenvalue weighted by Crippen LogP contribution is 1.81. The molecule has 0 aliphatic carbocycles. The molecule has 0 radical (unpaired) electrons. The zero-order chi connectivity index (χ0) is 11.3. The van der Waals surface area contributed by atoms with Crippen LogP contribution in [0.15, 0.2) is 0 Å². The van der Waals surface area contributed by atoms with E-state index in [1.54, 1.807) is 0 Å². The average molecular weight is 194 g/mol. The first-order valence-corrected chi connectivity index (χ1v) is 4.38. The Bertz CT molecular complexity index is 95.4. The van der Waals surface area contributed by atoms with E-state index in [1.807, 2.05) is 20.8 Å². The Labute approximate surface area is 79.7 Å². The summed E-state index contributed by atoms with van der Waals surface area (Å²) in [7, 11) is 0. The lowest BCUT2D eigenvalue weighted by Gasteiger charge is -1.98. The monoisotopic (exact) mass is 194 g/mol. The first-order chi connectivity index (χ1) is 6.08. The van der Waals surface area contributed by atoms with Crippen LogP contribution in [0, 0.1) is 0 Å². The summed E-state index contributed by atoms with van der Waals surface area (Å²) in [5, 5.41) is 16.1. The number of carboxylic acid groups (broad SMARTS) is 1. The molecule has 0 aromatic heterocycles. The lowest BCUT2D eigenvalue weighted by Crippen LogP contribution is -2.17. The van der Waals surface area contributed by atoms with Gasteiger partial charge in [0.05, 0.1) is 12.6 Å². The van der Waals surface area contributed by atoms with Gasteiger partial charge >= 0.3 is 5.97 Å². The van der Waals surface area contributed by atoms with Gasteiger partial charge in [0.2, 0.25) is 0 Å². The van der Waals surface area contributed by atoms with Crippen LogP contribution in [0.4, 0.5) is 0 Å². The van der Waals surface area contributed by atoms with E-state index in [9.17, 15) is 4.79 Å². The minimum Gasteiger partial charge on any atom is -0.480 e. The molecule has 6 N–H and O–H groups in total. The third-order valence-electron chi connectivity index (χ3n) is 0.918. The van der Waals surface area contributed by atoms with E-state index in [1.165, 1.54) is 0 Å². The molecular formula is C8H22N2O3. The molecule has 0 saturated heterocycles. The Balaban J connectivity index is -0.000000131. The normalized spacial score (nSPS) is 10.0. The van der Waals surface area contributed by atoms with Crippen LogP contribution in [0.5, 0.6) is 0 Å². The van der Waals surface area contributed by atoms with Gasteiger partial charge in [-0.3, -0.25) is 4.79 Å². The second-order valence-electron chi connectivity index (χ2n) is 1.90. The largest absolute Gasteiger partial charge is 0.480 e. The third kappa shape index (κ3) is 34.7. The number of rotatable bonds is 3. The fraction of sp³-hybridized carbons (Fsp3) is 0.875. The summed E-state index contributed by atoms with van der Waals surface area (Å²) in [6.45, 7) is 6.01. The third-order valence-corrected chi connectivity index (χ3v) is 0.918. The summed E-state index contributed by atoms with van der Waals surface area (Å²) >= 11 is 0. The maximum atomic E-state index is 9.24. The predicted molar refractivity (Wildman–Crippen MR) is 53.4 cm³/mol. The molecule has 1 unspecified atom stereocenters. The second-order valence-corrected chi connectivity index (χ2v) is 1.90. The van der Waals surface area contributed by atoms with Crippen molar-refractivity contribution in [3.63, 3.8) is 0 Å².